The zero-order valence-electron chi connectivity index (χ0n) is 14.0. The first-order valence-corrected chi connectivity index (χ1v) is 8.08. The van der Waals surface area contributed by atoms with Crippen molar-refractivity contribution in [2.75, 3.05) is 13.1 Å². The van der Waals surface area contributed by atoms with Crippen LogP contribution in [0.25, 0.3) is 11.3 Å². The number of aromatic nitrogens is 1. The van der Waals surface area contributed by atoms with Crippen molar-refractivity contribution < 1.29 is 32.4 Å². The highest BCUT2D eigenvalue weighted by atomic mass is 19.1. The molecule has 0 spiro atoms. The van der Waals surface area contributed by atoms with Crippen LogP contribution in [0.3, 0.4) is 0 Å². The van der Waals surface area contributed by atoms with Gasteiger partial charge in [0.1, 0.15) is 23.9 Å². The maximum Gasteiger partial charge on any atom is 0.324 e. The van der Waals surface area contributed by atoms with Gasteiger partial charge in [-0.05, 0) is 12.1 Å². The van der Waals surface area contributed by atoms with Crippen molar-refractivity contribution in [1.82, 2.24) is 15.4 Å². The van der Waals surface area contributed by atoms with Gasteiger partial charge < -0.3 is 14.2 Å². The Balaban J connectivity index is 1.49. The number of nitrogens with one attached hydrogen (secondary N) is 1. The van der Waals surface area contributed by atoms with Crippen molar-refractivity contribution >= 4 is 17.9 Å². The van der Waals surface area contributed by atoms with Crippen LogP contribution in [0.5, 0.6) is 0 Å². The molecule has 1 aromatic carbocycles. The van der Waals surface area contributed by atoms with Crippen molar-refractivity contribution in [3.63, 3.8) is 0 Å². The lowest BCUT2D eigenvalue weighted by Gasteiger charge is -2.25. The molecule has 1 aliphatic heterocycles. The Bertz CT molecular complexity index is 883. The molecule has 3 rings (SSSR count). The number of hydrogen-bond acceptors (Lipinski definition) is 6. The summed E-state index contributed by atoms with van der Waals surface area (Å²) in [5.41, 5.74) is 0.288. The lowest BCUT2D eigenvalue weighted by Crippen LogP contribution is -2.49. The van der Waals surface area contributed by atoms with Crippen LogP contribution in [0.1, 0.15) is 18.5 Å². The molecule has 0 unspecified atom stereocenters. The number of urea groups is 1. The average molecular weight is 379 g/mol. The summed E-state index contributed by atoms with van der Waals surface area (Å²) in [6.45, 7) is 0.159. The van der Waals surface area contributed by atoms with Crippen molar-refractivity contribution in [2.45, 2.75) is 19.4 Å². The molecule has 1 saturated heterocycles. The highest BCUT2D eigenvalue weighted by molar-refractivity contribution is 5.96. The molecule has 0 atom stereocenters. The largest absolute Gasteiger partial charge is 0.459 e. The molecule has 0 bridgehead atoms. The minimum Gasteiger partial charge on any atom is -0.459 e. The van der Waals surface area contributed by atoms with E-state index in [4.69, 9.17) is 9.26 Å². The number of benzene rings is 1. The highest BCUT2D eigenvalue weighted by Crippen LogP contribution is 2.24. The molecule has 10 heteroatoms. The molecule has 2 heterocycles. The Kier molecular flexibility index (Phi) is 5.43. The Morgan fingerprint density at radius 3 is 2.85 bits per heavy atom. The number of rotatable bonds is 6. The fourth-order valence-corrected chi connectivity index (χ4v) is 2.46. The average Bonchev–Trinajstić information content (AvgIpc) is 3.08. The van der Waals surface area contributed by atoms with Crippen molar-refractivity contribution in [3.05, 3.63) is 41.6 Å². The first-order valence-electron chi connectivity index (χ1n) is 8.08. The summed E-state index contributed by atoms with van der Waals surface area (Å²) >= 11 is 0. The number of hydrogen-bond donors (Lipinski definition) is 1. The van der Waals surface area contributed by atoms with Gasteiger partial charge in [-0.25, -0.2) is 13.6 Å². The third-order valence-electron chi connectivity index (χ3n) is 3.86. The normalized spacial score (nSPS) is 14.2. The molecule has 1 aromatic heterocycles. The van der Waals surface area contributed by atoms with Gasteiger partial charge in [0.05, 0.1) is 12.0 Å². The van der Waals surface area contributed by atoms with Gasteiger partial charge in [-0.2, -0.15) is 0 Å². The van der Waals surface area contributed by atoms with E-state index in [-0.39, 0.29) is 55.5 Å². The second-order valence-electron chi connectivity index (χ2n) is 5.81. The number of esters is 1. The van der Waals surface area contributed by atoms with Gasteiger partial charge in [0.15, 0.2) is 5.76 Å². The van der Waals surface area contributed by atoms with E-state index in [0.717, 1.165) is 12.1 Å². The van der Waals surface area contributed by atoms with Crippen LogP contribution in [-0.4, -0.2) is 41.1 Å². The third-order valence-corrected chi connectivity index (χ3v) is 3.86. The molecular formula is C17H15F2N3O5. The molecule has 1 aliphatic rings. The van der Waals surface area contributed by atoms with Crippen molar-refractivity contribution in [1.29, 1.82) is 0 Å². The van der Waals surface area contributed by atoms with Gasteiger partial charge in [-0.3, -0.25) is 14.9 Å². The highest BCUT2D eigenvalue weighted by Gasteiger charge is 2.23. The van der Waals surface area contributed by atoms with E-state index in [1.807, 2.05) is 0 Å². The van der Waals surface area contributed by atoms with E-state index < -0.39 is 23.6 Å². The summed E-state index contributed by atoms with van der Waals surface area (Å²) in [6.07, 6.45) is 0.126. The topological polar surface area (TPSA) is 102 Å². The van der Waals surface area contributed by atoms with Gasteiger partial charge in [-0.15, -0.1) is 0 Å². The third kappa shape index (κ3) is 4.66. The second kappa shape index (κ2) is 7.94. The van der Waals surface area contributed by atoms with Crippen LogP contribution in [0, 0.1) is 11.6 Å². The van der Waals surface area contributed by atoms with Gasteiger partial charge in [-0.1, -0.05) is 5.16 Å². The summed E-state index contributed by atoms with van der Waals surface area (Å²) < 4.78 is 36.7. The second-order valence-corrected chi connectivity index (χ2v) is 5.81. The predicted molar refractivity (Wildman–Crippen MR) is 86.0 cm³/mol. The smallest absolute Gasteiger partial charge is 0.324 e. The standard InChI is InChI=1S/C17H15F2N3O5/c18-10-1-2-12(13(19)7-10)14-8-11(21-27-14)9-26-16(24)4-6-22-5-3-15(23)20-17(22)25/h1-2,7-8H,3-6,9H2,(H,20,23,25). The van der Waals surface area contributed by atoms with Gasteiger partial charge in [0.2, 0.25) is 5.91 Å². The minimum atomic E-state index is -0.798. The van der Waals surface area contributed by atoms with Gasteiger partial charge >= 0.3 is 12.0 Å². The lowest BCUT2D eigenvalue weighted by molar-refractivity contribution is -0.145. The Morgan fingerprint density at radius 1 is 1.30 bits per heavy atom. The molecule has 3 amide bonds. The summed E-state index contributed by atoms with van der Waals surface area (Å²) in [5.74, 6) is -2.35. The molecule has 27 heavy (non-hydrogen) atoms. The van der Waals surface area contributed by atoms with E-state index in [1.165, 1.54) is 17.0 Å². The molecule has 0 radical (unpaired) electrons. The van der Waals surface area contributed by atoms with E-state index in [0.29, 0.717) is 0 Å². The molecular weight excluding hydrogens is 364 g/mol. The summed E-state index contributed by atoms with van der Waals surface area (Å²) in [5, 5.41) is 5.83. The van der Waals surface area contributed by atoms with Crippen LogP contribution in [-0.2, 0) is 20.9 Å². The number of halogens is 2. The molecule has 1 N–H and O–H groups in total. The predicted octanol–water partition coefficient (Wildman–Crippen LogP) is 1.99. The molecule has 0 aliphatic carbocycles. The Morgan fingerprint density at radius 2 is 2.11 bits per heavy atom. The number of carbonyl (C=O) groups excluding carboxylic acids is 3. The first-order chi connectivity index (χ1) is 12.9. The maximum absolute atomic E-state index is 13.7. The number of imide groups is 1. The SMILES string of the molecule is O=C1CCN(CCC(=O)OCc2cc(-c3ccc(F)cc3F)on2)C(=O)N1. The zero-order chi connectivity index (χ0) is 19.4. The fraction of sp³-hybridized carbons (Fsp3) is 0.294. The van der Waals surface area contributed by atoms with Gasteiger partial charge in [0, 0.05) is 31.6 Å². The Hall–Kier alpha value is -3.30. The van der Waals surface area contributed by atoms with Crippen LogP contribution in [0.15, 0.2) is 28.8 Å². The van der Waals surface area contributed by atoms with Crippen molar-refractivity contribution in [3.8, 4) is 11.3 Å². The van der Waals surface area contributed by atoms with Crippen LogP contribution >= 0.6 is 0 Å². The quantitative estimate of drug-likeness (QED) is 0.771. The first kappa shape index (κ1) is 18.5. The fourth-order valence-electron chi connectivity index (χ4n) is 2.46. The van der Waals surface area contributed by atoms with Gasteiger partial charge in [0.25, 0.3) is 0 Å². The van der Waals surface area contributed by atoms with E-state index in [2.05, 4.69) is 10.5 Å². The molecule has 8 nitrogen and oxygen atoms in total. The number of amides is 3. The minimum absolute atomic E-state index is 0.0344. The van der Waals surface area contributed by atoms with Crippen molar-refractivity contribution in [2.24, 2.45) is 0 Å². The van der Waals surface area contributed by atoms with E-state index in [1.54, 1.807) is 0 Å². The molecule has 1 fully saturated rings. The maximum atomic E-state index is 13.7. The molecule has 2 aromatic rings. The zero-order valence-corrected chi connectivity index (χ0v) is 14.0. The molecule has 0 saturated carbocycles. The summed E-state index contributed by atoms with van der Waals surface area (Å²) in [4.78, 5) is 35.7. The Labute approximate surface area is 152 Å². The monoisotopic (exact) mass is 379 g/mol. The summed E-state index contributed by atoms with van der Waals surface area (Å²) in [7, 11) is 0. The van der Waals surface area contributed by atoms with Crippen LogP contribution in [0.2, 0.25) is 0 Å². The lowest BCUT2D eigenvalue weighted by atomic mass is 10.1. The van der Waals surface area contributed by atoms with E-state index in [9.17, 15) is 23.2 Å². The van der Waals surface area contributed by atoms with Crippen LogP contribution in [0.4, 0.5) is 13.6 Å². The number of carbonyl (C=O) groups is 3. The van der Waals surface area contributed by atoms with Crippen LogP contribution < -0.4 is 5.32 Å². The molecule has 142 valence electrons. The van der Waals surface area contributed by atoms with E-state index >= 15 is 0 Å². The number of nitrogens with zero attached hydrogens (tertiary/aromatic N) is 2. The number of ether oxygens (including phenoxy) is 1. The summed E-state index contributed by atoms with van der Waals surface area (Å²) in [6, 6.07) is 3.87.